The number of esters is 1. The van der Waals surface area contributed by atoms with Gasteiger partial charge in [0.05, 0.1) is 11.5 Å². The monoisotopic (exact) mass is 187 g/mol. The fourth-order valence-corrected chi connectivity index (χ4v) is 1.16. The number of rotatable bonds is 2. The molecule has 1 aliphatic carbocycles. The van der Waals surface area contributed by atoms with Gasteiger partial charge < -0.3 is 4.74 Å². The maximum Gasteiger partial charge on any atom is 0.314 e. The molecule has 0 saturated heterocycles. The van der Waals surface area contributed by atoms with Crippen molar-refractivity contribution in [3.05, 3.63) is 29.8 Å². The van der Waals surface area contributed by atoms with Gasteiger partial charge in [-0.25, -0.2) is 0 Å². The summed E-state index contributed by atoms with van der Waals surface area (Å²) in [4.78, 5) is 11.3. The number of benzene rings is 1. The quantitative estimate of drug-likeness (QED) is 0.524. The highest BCUT2D eigenvalue weighted by Gasteiger charge is 2.31. The Labute approximate surface area is 81.9 Å². The smallest absolute Gasteiger partial charge is 0.314 e. The second-order valence-corrected chi connectivity index (χ2v) is 3.30. The zero-order chi connectivity index (χ0) is 9.97. The average Bonchev–Trinajstić information content (AvgIpc) is 3.02. The molecule has 0 radical (unpaired) electrons. The molecule has 0 spiro atoms. The van der Waals surface area contributed by atoms with E-state index < -0.39 is 0 Å². The Balaban J connectivity index is 2.15. The van der Waals surface area contributed by atoms with E-state index in [9.17, 15) is 4.79 Å². The predicted octanol–water partition coefficient (Wildman–Crippen LogP) is 1.87. The molecule has 0 amide bonds. The van der Waals surface area contributed by atoms with E-state index in [0.717, 1.165) is 12.8 Å². The molecule has 1 saturated carbocycles. The van der Waals surface area contributed by atoms with Crippen molar-refractivity contribution in [1.29, 1.82) is 5.26 Å². The maximum atomic E-state index is 11.3. The molecule has 0 atom stereocenters. The number of carbonyl (C=O) groups is 1. The van der Waals surface area contributed by atoms with Gasteiger partial charge in [-0.3, -0.25) is 4.79 Å². The summed E-state index contributed by atoms with van der Waals surface area (Å²) in [5, 5.41) is 8.74. The molecular formula is C11H9NO2. The highest BCUT2D eigenvalue weighted by atomic mass is 16.5. The number of hydrogen-bond donors (Lipinski definition) is 0. The Hall–Kier alpha value is -1.82. The van der Waals surface area contributed by atoms with E-state index in [2.05, 4.69) is 0 Å². The second kappa shape index (κ2) is 3.51. The van der Waals surface area contributed by atoms with Gasteiger partial charge in [0, 0.05) is 0 Å². The van der Waals surface area contributed by atoms with Crippen molar-refractivity contribution in [1.82, 2.24) is 0 Å². The van der Waals surface area contributed by atoms with Gasteiger partial charge in [0.1, 0.15) is 11.8 Å². The van der Waals surface area contributed by atoms with Crippen LogP contribution in [0.5, 0.6) is 5.75 Å². The highest BCUT2D eigenvalue weighted by molar-refractivity contribution is 5.78. The van der Waals surface area contributed by atoms with Crippen molar-refractivity contribution in [2.24, 2.45) is 5.92 Å². The SMILES string of the molecule is N#Cc1ccccc1OC(=O)C1CC1. The molecule has 0 aromatic heterocycles. The Morgan fingerprint density at radius 2 is 2.14 bits per heavy atom. The fraction of sp³-hybridized carbons (Fsp3) is 0.273. The number of nitriles is 1. The first-order chi connectivity index (χ1) is 6.81. The number of carbonyl (C=O) groups excluding carboxylic acids is 1. The second-order valence-electron chi connectivity index (χ2n) is 3.30. The van der Waals surface area contributed by atoms with Crippen molar-refractivity contribution in [2.45, 2.75) is 12.8 Å². The van der Waals surface area contributed by atoms with Gasteiger partial charge in [-0.05, 0) is 25.0 Å². The predicted molar refractivity (Wildman–Crippen MR) is 49.5 cm³/mol. The van der Waals surface area contributed by atoms with Crippen molar-refractivity contribution >= 4 is 5.97 Å². The first kappa shape index (κ1) is 8.76. The Bertz CT molecular complexity index is 402. The molecule has 1 fully saturated rings. The van der Waals surface area contributed by atoms with Gasteiger partial charge in [-0.1, -0.05) is 12.1 Å². The van der Waals surface area contributed by atoms with Gasteiger partial charge in [-0.15, -0.1) is 0 Å². The van der Waals surface area contributed by atoms with Crippen molar-refractivity contribution < 1.29 is 9.53 Å². The summed E-state index contributed by atoms with van der Waals surface area (Å²) in [5.41, 5.74) is 0.404. The summed E-state index contributed by atoms with van der Waals surface area (Å²) in [6.45, 7) is 0. The fourth-order valence-electron chi connectivity index (χ4n) is 1.16. The van der Waals surface area contributed by atoms with Gasteiger partial charge in [0.15, 0.2) is 0 Å². The molecule has 1 aromatic carbocycles. The summed E-state index contributed by atoms with van der Waals surface area (Å²) in [6.07, 6.45) is 1.82. The third kappa shape index (κ3) is 1.74. The lowest BCUT2D eigenvalue weighted by molar-refractivity contribution is -0.135. The Kier molecular flexibility index (Phi) is 2.19. The summed E-state index contributed by atoms with van der Waals surface area (Å²) in [5.74, 6) is 0.210. The third-order valence-corrected chi connectivity index (χ3v) is 2.13. The zero-order valence-electron chi connectivity index (χ0n) is 7.56. The molecule has 0 bridgehead atoms. The van der Waals surface area contributed by atoms with Gasteiger partial charge in [0.2, 0.25) is 0 Å². The number of nitrogens with zero attached hydrogens (tertiary/aromatic N) is 1. The molecule has 0 unspecified atom stereocenters. The zero-order valence-corrected chi connectivity index (χ0v) is 7.56. The lowest BCUT2D eigenvalue weighted by atomic mass is 10.2. The van der Waals surface area contributed by atoms with E-state index in [4.69, 9.17) is 10.00 Å². The molecule has 0 N–H and O–H groups in total. The van der Waals surface area contributed by atoms with Crippen LogP contribution in [-0.2, 0) is 4.79 Å². The molecule has 14 heavy (non-hydrogen) atoms. The van der Waals surface area contributed by atoms with Crippen LogP contribution >= 0.6 is 0 Å². The molecular weight excluding hydrogens is 178 g/mol. The summed E-state index contributed by atoms with van der Waals surface area (Å²) in [7, 11) is 0. The molecule has 2 rings (SSSR count). The van der Waals surface area contributed by atoms with Crippen LogP contribution < -0.4 is 4.74 Å². The van der Waals surface area contributed by atoms with Crippen molar-refractivity contribution in [3.8, 4) is 11.8 Å². The summed E-state index contributed by atoms with van der Waals surface area (Å²) < 4.78 is 5.10. The van der Waals surface area contributed by atoms with Crippen LogP contribution in [0.25, 0.3) is 0 Å². The highest BCUT2D eigenvalue weighted by Crippen LogP contribution is 2.31. The lowest BCUT2D eigenvalue weighted by Gasteiger charge is -2.03. The summed E-state index contributed by atoms with van der Waals surface area (Å²) >= 11 is 0. The normalized spacial score (nSPS) is 14.5. The molecule has 1 aliphatic rings. The lowest BCUT2D eigenvalue weighted by Crippen LogP contribution is -2.10. The standard InChI is InChI=1S/C11H9NO2/c12-7-9-3-1-2-4-10(9)14-11(13)8-5-6-8/h1-4,8H,5-6H2. The Morgan fingerprint density at radius 3 is 2.79 bits per heavy atom. The largest absolute Gasteiger partial charge is 0.425 e. The average molecular weight is 187 g/mol. The Morgan fingerprint density at radius 1 is 1.43 bits per heavy atom. The van der Waals surface area contributed by atoms with Crippen molar-refractivity contribution in [2.75, 3.05) is 0 Å². The molecule has 3 nitrogen and oxygen atoms in total. The minimum Gasteiger partial charge on any atom is -0.425 e. The van der Waals surface area contributed by atoms with E-state index in [-0.39, 0.29) is 11.9 Å². The van der Waals surface area contributed by atoms with E-state index >= 15 is 0 Å². The van der Waals surface area contributed by atoms with Crippen LogP contribution in [0.15, 0.2) is 24.3 Å². The van der Waals surface area contributed by atoms with Crippen LogP contribution in [0.3, 0.4) is 0 Å². The van der Waals surface area contributed by atoms with Crippen molar-refractivity contribution in [3.63, 3.8) is 0 Å². The number of hydrogen-bond acceptors (Lipinski definition) is 3. The van der Waals surface area contributed by atoms with Gasteiger partial charge in [0.25, 0.3) is 0 Å². The van der Waals surface area contributed by atoms with Crippen LogP contribution in [0.1, 0.15) is 18.4 Å². The van der Waals surface area contributed by atoms with Crippen LogP contribution in [0.4, 0.5) is 0 Å². The van der Waals surface area contributed by atoms with E-state index in [0.29, 0.717) is 11.3 Å². The minimum absolute atomic E-state index is 0.0572. The number of para-hydroxylation sites is 1. The minimum atomic E-state index is -0.215. The van der Waals surface area contributed by atoms with Crippen LogP contribution in [0.2, 0.25) is 0 Å². The topological polar surface area (TPSA) is 50.1 Å². The first-order valence-corrected chi connectivity index (χ1v) is 4.52. The number of ether oxygens (including phenoxy) is 1. The van der Waals surface area contributed by atoms with Gasteiger partial charge >= 0.3 is 5.97 Å². The summed E-state index contributed by atoms with van der Waals surface area (Å²) in [6, 6.07) is 8.74. The molecule has 1 aromatic rings. The van der Waals surface area contributed by atoms with Crippen LogP contribution in [-0.4, -0.2) is 5.97 Å². The first-order valence-electron chi connectivity index (χ1n) is 4.52. The van der Waals surface area contributed by atoms with E-state index in [1.807, 2.05) is 6.07 Å². The van der Waals surface area contributed by atoms with Gasteiger partial charge in [-0.2, -0.15) is 5.26 Å². The van der Waals surface area contributed by atoms with E-state index in [1.165, 1.54) is 0 Å². The third-order valence-electron chi connectivity index (χ3n) is 2.13. The molecule has 3 heteroatoms. The van der Waals surface area contributed by atoms with Crippen LogP contribution in [0, 0.1) is 17.2 Å². The molecule has 0 heterocycles. The molecule has 70 valence electrons. The maximum absolute atomic E-state index is 11.3. The molecule has 0 aliphatic heterocycles. The van der Waals surface area contributed by atoms with E-state index in [1.54, 1.807) is 24.3 Å².